The van der Waals surface area contributed by atoms with Crippen molar-refractivity contribution in [2.75, 3.05) is 6.54 Å². The Labute approximate surface area is 151 Å². The van der Waals surface area contributed by atoms with E-state index < -0.39 is 0 Å². The molecule has 0 aromatic heterocycles. The normalized spacial score (nSPS) is 12.4. The van der Waals surface area contributed by atoms with Gasteiger partial charge in [-0.15, -0.1) is 0 Å². The van der Waals surface area contributed by atoms with Crippen molar-refractivity contribution in [1.82, 2.24) is 5.32 Å². The van der Waals surface area contributed by atoms with Crippen molar-refractivity contribution in [2.24, 2.45) is 0 Å². The minimum atomic E-state index is -0.301. The molecule has 4 nitrogen and oxygen atoms in total. The van der Waals surface area contributed by atoms with Crippen molar-refractivity contribution < 1.29 is 14.7 Å². The first-order valence-electron chi connectivity index (χ1n) is 8.72. The summed E-state index contributed by atoms with van der Waals surface area (Å²) in [6.07, 6.45) is 3.55. The summed E-state index contributed by atoms with van der Waals surface area (Å²) >= 11 is 0. The van der Waals surface area contributed by atoms with Gasteiger partial charge in [-0.05, 0) is 34.6 Å². The number of Topliss-reactive ketones (excluding diaryl/α,β-unsaturated/α-hetero) is 1. The van der Waals surface area contributed by atoms with Crippen molar-refractivity contribution in [1.29, 1.82) is 0 Å². The molecule has 0 spiro atoms. The maximum absolute atomic E-state index is 11.9. The number of nitrogens with one attached hydrogen (secondary N) is 1. The molecule has 4 heteroatoms. The van der Waals surface area contributed by atoms with Crippen LogP contribution in [0.2, 0.25) is 0 Å². The number of amides is 1. The number of carbonyl (C=O) groups excluding carboxylic acids is 2. The Hall–Kier alpha value is -2.10. The summed E-state index contributed by atoms with van der Waals surface area (Å²) in [7, 11) is 0. The summed E-state index contributed by atoms with van der Waals surface area (Å²) in [5, 5.41) is 13.3. The Morgan fingerprint density at radius 3 is 1.92 bits per heavy atom. The number of ketones is 1. The first kappa shape index (κ1) is 20.9. The lowest BCUT2D eigenvalue weighted by atomic mass is 9.78. The van der Waals surface area contributed by atoms with Gasteiger partial charge in [0, 0.05) is 23.6 Å². The van der Waals surface area contributed by atoms with E-state index in [0.29, 0.717) is 12.2 Å². The van der Waals surface area contributed by atoms with Gasteiger partial charge < -0.3 is 10.4 Å². The average molecular weight is 345 g/mol. The third-order valence-electron chi connectivity index (χ3n) is 4.03. The Bertz CT molecular complexity index is 638. The van der Waals surface area contributed by atoms with E-state index in [2.05, 4.69) is 5.32 Å². The molecular weight excluding hydrogens is 314 g/mol. The first-order chi connectivity index (χ1) is 11.4. The smallest absolute Gasteiger partial charge is 0.244 e. The maximum atomic E-state index is 11.9. The molecule has 0 heterocycles. The number of hydrogen-bond acceptors (Lipinski definition) is 3. The number of aromatic hydroxyl groups is 1. The van der Waals surface area contributed by atoms with E-state index in [-0.39, 0.29) is 29.1 Å². The molecule has 0 saturated carbocycles. The van der Waals surface area contributed by atoms with Crippen LogP contribution in [0.15, 0.2) is 18.2 Å². The first-order valence-corrected chi connectivity index (χ1v) is 8.72. The molecular formula is C21H31NO3. The van der Waals surface area contributed by atoms with Crippen LogP contribution >= 0.6 is 0 Å². The van der Waals surface area contributed by atoms with Crippen LogP contribution in [0.25, 0.3) is 6.08 Å². The molecule has 0 atom stereocenters. The summed E-state index contributed by atoms with van der Waals surface area (Å²) in [4.78, 5) is 23.1. The van der Waals surface area contributed by atoms with Crippen LogP contribution in [0.1, 0.15) is 71.6 Å². The van der Waals surface area contributed by atoms with Gasteiger partial charge in [0.25, 0.3) is 0 Å². The third kappa shape index (κ3) is 6.04. The molecule has 0 aliphatic heterocycles. The molecule has 1 aromatic carbocycles. The highest BCUT2D eigenvalue weighted by atomic mass is 16.3. The van der Waals surface area contributed by atoms with Crippen molar-refractivity contribution in [2.45, 2.75) is 65.7 Å². The number of phenols is 1. The zero-order valence-corrected chi connectivity index (χ0v) is 16.5. The topological polar surface area (TPSA) is 66.4 Å². The lowest BCUT2D eigenvalue weighted by molar-refractivity contribution is -0.122. The zero-order valence-electron chi connectivity index (χ0n) is 16.5. The molecule has 0 fully saturated rings. The van der Waals surface area contributed by atoms with Crippen molar-refractivity contribution >= 4 is 17.8 Å². The summed E-state index contributed by atoms with van der Waals surface area (Å²) < 4.78 is 0. The second kappa shape index (κ2) is 7.85. The number of rotatable bonds is 5. The largest absolute Gasteiger partial charge is 0.507 e. The highest BCUT2D eigenvalue weighted by Gasteiger charge is 2.26. The number of benzene rings is 1. The van der Waals surface area contributed by atoms with Gasteiger partial charge in [0.1, 0.15) is 5.75 Å². The SMILES string of the molecule is CCC(=O)CNC(=O)/C=C/c1cc(C(C)(C)C)c(O)c(C(C)(C)C)c1. The third-order valence-corrected chi connectivity index (χ3v) is 4.03. The Morgan fingerprint density at radius 1 is 1.04 bits per heavy atom. The minimum Gasteiger partial charge on any atom is -0.507 e. The predicted molar refractivity (Wildman–Crippen MR) is 103 cm³/mol. The monoisotopic (exact) mass is 345 g/mol. The van der Waals surface area contributed by atoms with E-state index in [1.165, 1.54) is 6.08 Å². The van der Waals surface area contributed by atoms with Gasteiger partial charge in [-0.25, -0.2) is 0 Å². The second-order valence-electron chi connectivity index (χ2n) is 8.41. The minimum absolute atomic E-state index is 0.00331. The van der Waals surface area contributed by atoms with Gasteiger partial charge in [0.2, 0.25) is 5.91 Å². The number of phenolic OH excluding ortho intramolecular Hbond substituents is 1. The standard InChI is InChI=1S/C21H31NO3/c1-8-15(23)13-22-18(24)10-9-14-11-16(20(2,3)4)19(25)17(12-14)21(5,6)7/h9-12,25H,8,13H2,1-7H3,(H,22,24)/b10-9+. The van der Waals surface area contributed by atoms with Gasteiger partial charge in [-0.2, -0.15) is 0 Å². The van der Waals surface area contributed by atoms with Crippen LogP contribution in [-0.2, 0) is 20.4 Å². The van der Waals surface area contributed by atoms with Crippen LogP contribution in [0.4, 0.5) is 0 Å². The molecule has 0 unspecified atom stereocenters. The van der Waals surface area contributed by atoms with E-state index in [9.17, 15) is 14.7 Å². The van der Waals surface area contributed by atoms with Gasteiger partial charge >= 0.3 is 0 Å². The molecule has 2 N–H and O–H groups in total. The van der Waals surface area contributed by atoms with Gasteiger partial charge in [-0.3, -0.25) is 9.59 Å². The van der Waals surface area contributed by atoms with Gasteiger partial charge in [0.15, 0.2) is 5.78 Å². The zero-order chi connectivity index (χ0) is 19.4. The fourth-order valence-corrected chi connectivity index (χ4v) is 2.44. The molecule has 1 aromatic rings. The van der Waals surface area contributed by atoms with E-state index in [4.69, 9.17) is 0 Å². The fourth-order valence-electron chi connectivity index (χ4n) is 2.44. The average Bonchev–Trinajstić information content (AvgIpc) is 2.49. The van der Waals surface area contributed by atoms with Crippen LogP contribution in [0, 0.1) is 0 Å². The Morgan fingerprint density at radius 2 is 1.52 bits per heavy atom. The lowest BCUT2D eigenvalue weighted by Crippen LogP contribution is -2.27. The Kier molecular flexibility index (Phi) is 6.58. The highest BCUT2D eigenvalue weighted by molar-refractivity contribution is 5.94. The number of carbonyl (C=O) groups is 2. The number of hydrogen-bond donors (Lipinski definition) is 2. The van der Waals surface area contributed by atoms with E-state index >= 15 is 0 Å². The highest BCUT2D eigenvalue weighted by Crippen LogP contribution is 2.39. The molecule has 1 amide bonds. The van der Waals surface area contributed by atoms with Crippen molar-refractivity contribution in [3.8, 4) is 5.75 Å². The molecule has 0 saturated heterocycles. The van der Waals surface area contributed by atoms with Crippen LogP contribution in [0.3, 0.4) is 0 Å². The molecule has 0 aliphatic rings. The van der Waals surface area contributed by atoms with E-state index in [1.807, 2.05) is 53.7 Å². The van der Waals surface area contributed by atoms with Crippen molar-refractivity contribution in [3.63, 3.8) is 0 Å². The van der Waals surface area contributed by atoms with Gasteiger partial charge in [-0.1, -0.05) is 48.5 Å². The molecule has 25 heavy (non-hydrogen) atoms. The summed E-state index contributed by atoms with van der Waals surface area (Å²) in [5.41, 5.74) is 2.11. The predicted octanol–water partition coefficient (Wildman–Crippen LogP) is 4.10. The summed E-state index contributed by atoms with van der Waals surface area (Å²) in [6, 6.07) is 3.82. The Balaban J connectivity index is 3.17. The summed E-state index contributed by atoms with van der Waals surface area (Å²) in [6.45, 7) is 14.1. The lowest BCUT2D eigenvalue weighted by Gasteiger charge is -2.27. The van der Waals surface area contributed by atoms with Gasteiger partial charge in [0.05, 0.1) is 6.54 Å². The van der Waals surface area contributed by atoms with Crippen molar-refractivity contribution in [3.05, 3.63) is 34.9 Å². The molecule has 0 radical (unpaired) electrons. The van der Waals surface area contributed by atoms with E-state index in [1.54, 1.807) is 13.0 Å². The van der Waals surface area contributed by atoms with E-state index in [0.717, 1.165) is 16.7 Å². The van der Waals surface area contributed by atoms with Crippen LogP contribution in [-0.4, -0.2) is 23.3 Å². The molecule has 0 bridgehead atoms. The molecule has 1 rings (SSSR count). The van der Waals surface area contributed by atoms with Crippen LogP contribution in [0.5, 0.6) is 5.75 Å². The molecule has 0 aliphatic carbocycles. The van der Waals surface area contributed by atoms with Crippen LogP contribution < -0.4 is 5.32 Å². The summed E-state index contributed by atoms with van der Waals surface area (Å²) in [5.74, 6) is 0.0102. The fraction of sp³-hybridized carbons (Fsp3) is 0.524. The second-order valence-corrected chi connectivity index (χ2v) is 8.41. The maximum Gasteiger partial charge on any atom is 0.244 e. The molecule has 138 valence electrons. The quantitative estimate of drug-likeness (QED) is 0.790.